The van der Waals surface area contributed by atoms with E-state index in [-0.39, 0.29) is 6.61 Å². The summed E-state index contributed by atoms with van der Waals surface area (Å²) in [4.78, 5) is 26.8. The number of carbonyl (C=O) groups excluding carboxylic acids is 2. The van der Waals surface area contributed by atoms with Crippen LogP contribution in [0.5, 0.6) is 0 Å². The minimum Gasteiger partial charge on any atom is -0.438 e. The molecule has 2 aliphatic heterocycles. The number of benzene rings is 1. The van der Waals surface area contributed by atoms with Crippen molar-refractivity contribution in [2.75, 3.05) is 27.9 Å². The Labute approximate surface area is 175 Å². The fraction of sp³-hybridized carbons (Fsp3) is 0.619. The highest BCUT2D eigenvalue weighted by atomic mass is 16.7. The van der Waals surface area contributed by atoms with Crippen LogP contribution in [0, 0.1) is 5.92 Å². The first-order valence-corrected chi connectivity index (χ1v) is 9.95. The summed E-state index contributed by atoms with van der Waals surface area (Å²) in [6.45, 7) is 2.02. The van der Waals surface area contributed by atoms with E-state index in [2.05, 4.69) is 0 Å². The molecule has 9 nitrogen and oxygen atoms in total. The van der Waals surface area contributed by atoms with Crippen LogP contribution >= 0.6 is 0 Å². The number of carbonyl (C=O) groups is 2. The number of aliphatic hydroxyl groups is 1. The Bertz CT molecular complexity index is 729. The smallest absolute Gasteiger partial charge is 0.419 e. The lowest BCUT2D eigenvalue weighted by Gasteiger charge is -2.29. The van der Waals surface area contributed by atoms with Crippen molar-refractivity contribution in [3.05, 3.63) is 35.9 Å². The standard InChI is InChI=1S/C21H29NO8/c1-5-13(15(23)12-9-7-6-8-10-12)19(24)22-20-18(30-21(22)25)17(28-4)16(29-20)14(27-3)11-26-2/h6-10,13-18,20,23H,5,11H2,1-4H3/t13-,14+,15+,16+,17-,18+,20-/m0/s1. The molecule has 0 spiro atoms. The molecule has 0 saturated carbocycles. The van der Waals surface area contributed by atoms with Gasteiger partial charge in [-0.3, -0.25) is 4.79 Å². The number of ether oxygens (including phenoxy) is 5. The lowest BCUT2D eigenvalue weighted by molar-refractivity contribution is -0.154. The van der Waals surface area contributed by atoms with E-state index in [0.717, 1.165) is 4.90 Å². The summed E-state index contributed by atoms with van der Waals surface area (Å²) in [5, 5.41) is 10.8. The van der Waals surface area contributed by atoms with E-state index in [4.69, 9.17) is 23.7 Å². The van der Waals surface area contributed by atoms with Crippen molar-refractivity contribution in [1.29, 1.82) is 0 Å². The van der Waals surface area contributed by atoms with Gasteiger partial charge in [0, 0.05) is 21.3 Å². The first-order valence-electron chi connectivity index (χ1n) is 9.95. The predicted octanol–water partition coefficient (Wildman–Crippen LogP) is 1.49. The number of amides is 2. The van der Waals surface area contributed by atoms with E-state index in [1.165, 1.54) is 21.3 Å². The van der Waals surface area contributed by atoms with Crippen molar-refractivity contribution in [2.24, 2.45) is 5.92 Å². The zero-order valence-corrected chi connectivity index (χ0v) is 17.6. The Morgan fingerprint density at radius 1 is 1.23 bits per heavy atom. The highest BCUT2D eigenvalue weighted by molar-refractivity contribution is 5.95. The fourth-order valence-electron chi connectivity index (χ4n) is 4.11. The number of aliphatic hydroxyl groups excluding tert-OH is 1. The van der Waals surface area contributed by atoms with E-state index < -0.39 is 54.7 Å². The molecule has 2 amide bonds. The highest BCUT2D eigenvalue weighted by Crippen LogP contribution is 2.38. The Morgan fingerprint density at radius 2 is 1.93 bits per heavy atom. The van der Waals surface area contributed by atoms with Crippen LogP contribution in [0.2, 0.25) is 0 Å². The summed E-state index contributed by atoms with van der Waals surface area (Å²) in [5.41, 5.74) is 0.598. The van der Waals surface area contributed by atoms with Gasteiger partial charge in [0.05, 0.1) is 18.6 Å². The van der Waals surface area contributed by atoms with Gasteiger partial charge in [-0.1, -0.05) is 37.3 Å². The molecule has 2 fully saturated rings. The van der Waals surface area contributed by atoms with Gasteiger partial charge in [0.25, 0.3) is 0 Å². The maximum Gasteiger partial charge on any atom is 0.419 e. The third kappa shape index (κ3) is 4.08. The second-order valence-corrected chi connectivity index (χ2v) is 7.35. The summed E-state index contributed by atoms with van der Waals surface area (Å²) < 4.78 is 27.6. The SMILES string of the molecule is CC[C@H](C(=O)N1C(=O)O[C@@H]2[C@@H](OC)[C@@H]([C@@H](COC)OC)O[C@@H]21)[C@H](O)c1ccccc1. The largest absolute Gasteiger partial charge is 0.438 e. The van der Waals surface area contributed by atoms with Crippen LogP contribution < -0.4 is 0 Å². The average Bonchev–Trinajstić information content (AvgIpc) is 3.26. The van der Waals surface area contributed by atoms with Gasteiger partial charge >= 0.3 is 6.09 Å². The number of imide groups is 1. The Morgan fingerprint density at radius 3 is 2.50 bits per heavy atom. The Balaban J connectivity index is 1.83. The molecule has 7 atom stereocenters. The molecule has 166 valence electrons. The molecule has 0 bridgehead atoms. The number of nitrogens with zero attached hydrogens (tertiary/aromatic N) is 1. The van der Waals surface area contributed by atoms with E-state index >= 15 is 0 Å². The normalized spacial score (nSPS) is 28.7. The Hall–Kier alpha value is -2.04. The topological polar surface area (TPSA) is 104 Å². The van der Waals surface area contributed by atoms with Gasteiger partial charge in [-0.15, -0.1) is 0 Å². The minimum absolute atomic E-state index is 0.243. The molecule has 2 aliphatic rings. The van der Waals surface area contributed by atoms with Gasteiger partial charge in [0.15, 0.2) is 12.3 Å². The molecule has 0 unspecified atom stereocenters. The maximum atomic E-state index is 13.3. The molecule has 9 heteroatoms. The molecule has 2 heterocycles. The summed E-state index contributed by atoms with van der Waals surface area (Å²) in [6.07, 6.45) is -5.01. The van der Waals surface area contributed by atoms with Gasteiger partial charge in [-0.05, 0) is 12.0 Å². The summed E-state index contributed by atoms with van der Waals surface area (Å²) >= 11 is 0. The first kappa shape index (κ1) is 22.6. The minimum atomic E-state index is -1.06. The van der Waals surface area contributed by atoms with E-state index in [1.54, 1.807) is 31.2 Å². The molecule has 3 rings (SSSR count). The Kier molecular flexibility index (Phi) is 7.43. The quantitative estimate of drug-likeness (QED) is 0.637. The summed E-state index contributed by atoms with van der Waals surface area (Å²) in [7, 11) is 4.54. The third-order valence-corrected chi connectivity index (χ3v) is 5.70. The molecule has 0 aliphatic carbocycles. The van der Waals surface area contributed by atoms with Crippen molar-refractivity contribution < 1.29 is 38.4 Å². The molecule has 30 heavy (non-hydrogen) atoms. The van der Waals surface area contributed by atoms with Crippen molar-refractivity contribution >= 4 is 12.0 Å². The van der Waals surface area contributed by atoms with Gasteiger partial charge in [0.2, 0.25) is 5.91 Å². The van der Waals surface area contributed by atoms with Crippen LogP contribution in [0.15, 0.2) is 30.3 Å². The van der Waals surface area contributed by atoms with Crippen molar-refractivity contribution in [3.63, 3.8) is 0 Å². The van der Waals surface area contributed by atoms with Gasteiger partial charge in [-0.25, -0.2) is 9.69 Å². The number of methoxy groups -OCH3 is 3. The lowest BCUT2D eigenvalue weighted by Crippen LogP contribution is -2.46. The van der Waals surface area contributed by atoms with Crippen LogP contribution in [-0.4, -0.2) is 80.6 Å². The molecule has 2 saturated heterocycles. The molecule has 0 aromatic heterocycles. The van der Waals surface area contributed by atoms with E-state index in [0.29, 0.717) is 12.0 Å². The van der Waals surface area contributed by atoms with Crippen LogP contribution in [0.1, 0.15) is 25.0 Å². The number of fused-ring (bicyclic) bond motifs is 1. The fourth-order valence-corrected chi connectivity index (χ4v) is 4.11. The molecule has 1 aromatic carbocycles. The first-order chi connectivity index (χ1) is 14.5. The summed E-state index contributed by atoms with van der Waals surface area (Å²) in [6, 6.07) is 8.87. The van der Waals surface area contributed by atoms with Crippen molar-refractivity contribution in [3.8, 4) is 0 Å². The van der Waals surface area contributed by atoms with Gasteiger partial charge in [-0.2, -0.15) is 0 Å². The van der Waals surface area contributed by atoms with Crippen LogP contribution in [0.25, 0.3) is 0 Å². The van der Waals surface area contributed by atoms with Crippen LogP contribution in [0.3, 0.4) is 0 Å². The maximum absolute atomic E-state index is 13.3. The zero-order valence-electron chi connectivity index (χ0n) is 17.6. The lowest BCUT2D eigenvalue weighted by atomic mass is 9.92. The summed E-state index contributed by atoms with van der Waals surface area (Å²) in [5.74, 6) is -1.39. The van der Waals surface area contributed by atoms with Crippen molar-refractivity contribution in [2.45, 2.75) is 50.1 Å². The number of hydrogen-bond acceptors (Lipinski definition) is 8. The van der Waals surface area contributed by atoms with Crippen molar-refractivity contribution in [1.82, 2.24) is 4.90 Å². The van der Waals surface area contributed by atoms with Gasteiger partial charge in [0.1, 0.15) is 18.3 Å². The predicted molar refractivity (Wildman–Crippen MR) is 104 cm³/mol. The molecule has 1 N–H and O–H groups in total. The zero-order chi connectivity index (χ0) is 21.8. The van der Waals surface area contributed by atoms with E-state index in [1.807, 2.05) is 6.07 Å². The second-order valence-electron chi connectivity index (χ2n) is 7.35. The van der Waals surface area contributed by atoms with E-state index in [9.17, 15) is 14.7 Å². The van der Waals surface area contributed by atoms with Gasteiger partial charge < -0.3 is 28.8 Å². The monoisotopic (exact) mass is 423 g/mol. The number of hydrogen-bond donors (Lipinski definition) is 1. The molecule has 0 radical (unpaired) electrons. The number of rotatable bonds is 9. The molecular weight excluding hydrogens is 394 g/mol. The molecular formula is C21H29NO8. The van der Waals surface area contributed by atoms with Crippen LogP contribution in [-0.2, 0) is 28.5 Å². The third-order valence-electron chi connectivity index (χ3n) is 5.70. The average molecular weight is 423 g/mol. The highest BCUT2D eigenvalue weighted by Gasteiger charge is 2.60. The second kappa shape index (κ2) is 9.84. The molecule has 1 aromatic rings. The van der Waals surface area contributed by atoms with Crippen LogP contribution in [0.4, 0.5) is 4.79 Å².